The van der Waals surface area contributed by atoms with E-state index in [1.807, 2.05) is 84.9 Å². The highest BCUT2D eigenvalue weighted by Crippen LogP contribution is 2.32. The van der Waals surface area contributed by atoms with Crippen molar-refractivity contribution >= 4 is 44.1 Å². The van der Waals surface area contributed by atoms with Crippen LogP contribution in [0.15, 0.2) is 125 Å². The van der Waals surface area contributed by atoms with Gasteiger partial charge < -0.3 is 19.4 Å². The van der Waals surface area contributed by atoms with Gasteiger partial charge in [-0.25, -0.2) is 4.79 Å². The number of aromatic nitrogens is 1. The zero-order valence-corrected chi connectivity index (χ0v) is 29.0. The van der Waals surface area contributed by atoms with Crippen LogP contribution in [0.2, 0.25) is 0 Å². The standard InChI is InChI=1S/C41H42N4O4S/c46-40-19-17-34-16-18-35(28-37(34)42-40)48-26-8-7-23-45(24-21-43(22-25-45)38-14-9-15-39-36(38)20-27-50-39)31-49-41(47)44(29-32-10-3-1-4-11-32)30-33-12-5-2-6-13-33/h1-6,9-20,27-28H,7-8,21-26,29-31H2/p+1. The number of thiophene rings is 1. The van der Waals surface area contributed by atoms with Crippen molar-refractivity contribution in [2.24, 2.45) is 0 Å². The van der Waals surface area contributed by atoms with Crippen LogP contribution < -0.4 is 15.2 Å². The first-order valence-corrected chi connectivity index (χ1v) is 18.2. The number of benzene rings is 4. The maximum Gasteiger partial charge on any atom is 0.414 e. The Morgan fingerprint density at radius 1 is 0.820 bits per heavy atom. The molecule has 0 unspecified atom stereocenters. The minimum atomic E-state index is -0.293. The Morgan fingerprint density at radius 3 is 2.28 bits per heavy atom. The van der Waals surface area contributed by atoms with Crippen LogP contribution in [-0.2, 0) is 17.8 Å². The van der Waals surface area contributed by atoms with Gasteiger partial charge in [-0.15, -0.1) is 11.3 Å². The molecule has 0 atom stereocenters. The zero-order chi connectivity index (χ0) is 34.2. The van der Waals surface area contributed by atoms with E-state index in [1.165, 1.54) is 21.8 Å². The third-order valence-electron chi connectivity index (χ3n) is 9.65. The Morgan fingerprint density at radius 2 is 1.54 bits per heavy atom. The molecule has 9 heteroatoms. The molecule has 7 rings (SSSR count). The van der Waals surface area contributed by atoms with Crippen molar-refractivity contribution in [1.29, 1.82) is 0 Å². The number of rotatable bonds is 13. The van der Waals surface area contributed by atoms with Crippen LogP contribution in [0.1, 0.15) is 24.0 Å². The van der Waals surface area contributed by atoms with Gasteiger partial charge >= 0.3 is 6.09 Å². The first-order valence-electron chi connectivity index (χ1n) is 17.4. The van der Waals surface area contributed by atoms with Gasteiger partial charge in [0.15, 0.2) is 0 Å². The van der Waals surface area contributed by atoms with E-state index in [9.17, 15) is 9.59 Å². The summed E-state index contributed by atoms with van der Waals surface area (Å²) in [7, 11) is 0. The number of carbonyl (C=O) groups excluding carboxylic acids is 1. The Balaban J connectivity index is 1.02. The summed E-state index contributed by atoms with van der Waals surface area (Å²) in [5.41, 5.74) is 4.06. The largest absolute Gasteiger partial charge is 0.494 e. The van der Waals surface area contributed by atoms with Crippen LogP contribution in [-0.4, -0.2) is 66.5 Å². The van der Waals surface area contributed by atoms with Gasteiger partial charge in [-0.1, -0.05) is 66.7 Å². The second kappa shape index (κ2) is 15.6. The van der Waals surface area contributed by atoms with Crippen molar-refractivity contribution in [1.82, 2.24) is 9.88 Å². The Bertz CT molecular complexity index is 2030. The van der Waals surface area contributed by atoms with Crippen molar-refractivity contribution in [3.63, 3.8) is 0 Å². The van der Waals surface area contributed by atoms with E-state index in [2.05, 4.69) is 39.5 Å². The second-order valence-electron chi connectivity index (χ2n) is 13.1. The monoisotopic (exact) mass is 687 g/mol. The van der Waals surface area contributed by atoms with Crippen LogP contribution in [0.3, 0.4) is 0 Å². The second-order valence-corrected chi connectivity index (χ2v) is 14.1. The number of ether oxygens (including phenoxy) is 2. The van der Waals surface area contributed by atoms with E-state index in [-0.39, 0.29) is 11.7 Å². The summed E-state index contributed by atoms with van der Waals surface area (Å²) in [6.45, 7) is 6.26. The van der Waals surface area contributed by atoms with E-state index < -0.39 is 0 Å². The normalized spacial score (nSPS) is 14.1. The lowest BCUT2D eigenvalue weighted by molar-refractivity contribution is -0.944. The highest BCUT2D eigenvalue weighted by Gasteiger charge is 2.35. The number of hydrogen-bond acceptors (Lipinski definition) is 6. The van der Waals surface area contributed by atoms with Crippen molar-refractivity contribution in [2.75, 3.05) is 51.0 Å². The number of quaternary nitrogens is 1. The SMILES string of the molecule is O=C(OC[N+]1(CCCCOc2ccc3ccc(=O)[nH]c3c2)CCN(c2cccc3sccc23)CC1)N(Cc1ccccc1)Cc1ccccc1. The van der Waals surface area contributed by atoms with Gasteiger partial charge in [0.1, 0.15) is 5.75 Å². The maximum absolute atomic E-state index is 13.8. The van der Waals surface area contributed by atoms with Crippen LogP contribution >= 0.6 is 11.3 Å². The number of fused-ring (bicyclic) bond motifs is 2. The number of hydrogen-bond donors (Lipinski definition) is 1. The summed E-state index contributed by atoms with van der Waals surface area (Å²) in [6.07, 6.45) is 1.50. The Hall–Kier alpha value is -5.12. The molecule has 2 aromatic heterocycles. The molecular formula is C41H43N4O4S+. The Kier molecular flexibility index (Phi) is 10.4. The number of amides is 1. The number of H-pyrrole nitrogens is 1. The number of nitrogens with one attached hydrogen (secondary N) is 1. The Labute approximate surface area is 296 Å². The summed E-state index contributed by atoms with van der Waals surface area (Å²) in [4.78, 5) is 32.8. The van der Waals surface area contributed by atoms with Crippen molar-refractivity contribution in [3.8, 4) is 5.75 Å². The van der Waals surface area contributed by atoms with Crippen molar-refractivity contribution in [2.45, 2.75) is 25.9 Å². The quantitative estimate of drug-likeness (QED) is 0.0983. The molecule has 0 spiro atoms. The van der Waals surface area contributed by atoms with Crippen molar-refractivity contribution < 1.29 is 18.8 Å². The third kappa shape index (κ3) is 8.18. The number of piperazine rings is 1. The van der Waals surface area contributed by atoms with Gasteiger partial charge in [-0.2, -0.15) is 0 Å². The lowest BCUT2D eigenvalue weighted by atomic mass is 10.1. The fraction of sp³-hybridized carbons (Fsp3) is 0.268. The highest BCUT2D eigenvalue weighted by atomic mass is 32.1. The van der Waals surface area contributed by atoms with E-state index in [0.717, 1.165) is 73.3 Å². The molecule has 3 heterocycles. The fourth-order valence-electron chi connectivity index (χ4n) is 6.84. The molecule has 1 aliphatic heterocycles. The summed E-state index contributed by atoms with van der Waals surface area (Å²) in [5, 5.41) is 4.43. The van der Waals surface area contributed by atoms with Gasteiger partial charge in [0.05, 0.1) is 44.8 Å². The number of carbonyl (C=O) groups is 1. The maximum atomic E-state index is 13.8. The average Bonchev–Trinajstić information content (AvgIpc) is 3.64. The van der Waals surface area contributed by atoms with E-state index in [0.29, 0.717) is 30.9 Å². The lowest BCUT2D eigenvalue weighted by Crippen LogP contribution is -2.61. The fourth-order valence-corrected chi connectivity index (χ4v) is 7.64. The minimum Gasteiger partial charge on any atom is -0.494 e. The molecule has 0 saturated carbocycles. The van der Waals surface area contributed by atoms with E-state index in [1.54, 1.807) is 16.2 Å². The predicted octanol–water partition coefficient (Wildman–Crippen LogP) is 8.04. The number of nitrogens with zero attached hydrogens (tertiary/aromatic N) is 3. The molecule has 4 aromatic carbocycles. The molecule has 0 radical (unpaired) electrons. The van der Waals surface area contributed by atoms with Crippen LogP contribution in [0, 0.1) is 0 Å². The molecule has 8 nitrogen and oxygen atoms in total. The molecule has 6 aromatic rings. The average molecular weight is 688 g/mol. The molecule has 256 valence electrons. The van der Waals surface area contributed by atoms with Gasteiger partial charge in [0.25, 0.3) is 0 Å². The number of aromatic amines is 1. The summed E-state index contributed by atoms with van der Waals surface area (Å²) in [6, 6.07) is 38.1. The molecule has 1 N–H and O–H groups in total. The molecule has 0 aliphatic carbocycles. The lowest BCUT2D eigenvalue weighted by Gasteiger charge is -2.45. The third-order valence-corrected chi connectivity index (χ3v) is 10.5. The minimum absolute atomic E-state index is 0.125. The smallest absolute Gasteiger partial charge is 0.414 e. The predicted molar refractivity (Wildman–Crippen MR) is 202 cm³/mol. The number of unbranched alkanes of at least 4 members (excludes halogenated alkanes) is 1. The van der Waals surface area contributed by atoms with E-state index in [4.69, 9.17) is 9.47 Å². The molecule has 1 amide bonds. The molecule has 1 aliphatic rings. The topological polar surface area (TPSA) is 74.9 Å². The molecule has 1 fully saturated rings. The first kappa shape index (κ1) is 33.4. The van der Waals surface area contributed by atoms with Gasteiger partial charge in [-0.3, -0.25) is 14.2 Å². The van der Waals surface area contributed by atoms with Gasteiger partial charge in [0.2, 0.25) is 12.3 Å². The molecule has 0 bridgehead atoms. The molecule has 50 heavy (non-hydrogen) atoms. The number of pyridine rings is 1. The highest BCUT2D eigenvalue weighted by molar-refractivity contribution is 7.17. The molecule has 1 saturated heterocycles. The van der Waals surface area contributed by atoms with E-state index >= 15 is 0 Å². The summed E-state index contributed by atoms with van der Waals surface area (Å²) < 4.78 is 14.4. The van der Waals surface area contributed by atoms with Crippen LogP contribution in [0.4, 0.5) is 10.5 Å². The number of anilines is 1. The van der Waals surface area contributed by atoms with Crippen LogP contribution in [0.5, 0.6) is 5.75 Å². The molecular weight excluding hydrogens is 645 g/mol. The summed E-state index contributed by atoms with van der Waals surface area (Å²) >= 11 is 1.78. The van der Waals surface area contributed by atoms with Crippen LogP contribution in [0.25, 0.3) is 21.0 Å². The summed E-state index contributed by atoms with van der Waals surface area (Å²) in [5.74, 6) is 0.741. The van der Waals surface area contributed by atoms with Crippen molar-refractivity contribution in [3.05, 3.63) is 142 Å². The zero-order valence-electron chi connectivity index (χ0n) is 28.2. The van der Waals surface area contributed by atoms with Gasteiger partial charge in [0, 0.05) is 41.0 Å². The first-order chi connectivity index (χ1) is 24.5. The van der Waals surface area contributed by atoms with Gasteiger partial charge in [-0.05, 0) is 71.1 Å².